The molecule has 1 saturated heterocycles. The summed E-state index contributed by atoms with van der Waals surface area (Å²) >= 11 is 1.59. The quantitative estimate of drug-likeness (QED) is 0.718. The maximum Gasteiger partial charge on any atom is 0.416 e. The molecular weight excluding hydrogens is 415 g/mol. The fourth-order valence-electron chi connectivity index (χ4n) is 3.57. The van der Waals surface area contributed by atoms with E-state index in [1.165, 1.54) is 11.0 Å². The number of alkyl halides is 3. The predicted molar refractivity (Wildman–Crippen MR) is 109 cm³/mol. The highest BCUT2D eigenvalue weighted by Gasteiger charge is 2.35. The average molecular weight is 440 g/mol. The largest absolute Gasteiger partial charge is 0.416 e. The van der Waals surface area contributed by atoms with Gasteiger partial charge in [-0.05, 0) is 54.2 Å². The maximum absolute atomic E-state index is 12.9. The first-order valence-electron chi connectivity index (χ1n) is 9.55. The molecule has 3 rings (SSSR count). The average Bonchev–Trinajstić information content (AvgIpc) is 3.32. The SMILES string of the molecule is CN(C)[C@H](CNC(=O)[C@H]1CC(=O)N(Cc2cccc(C(F)(F)F)c2)C1)c1ccsc1. The van der Waals surface area contributed by atoms with Crippen molar-refractivity contribution < 1.29 is 22.8 Å². The van der Waals surface area contributed by atoms with Crippen LogP contribution in [0.4, 0.5) is 13.2 Å². The molecular formula is C21H24F3N3O2S. The summed E-state index contributed by atoms with van der Waals surface area (Å²) in [6, 6.07) is 6.96. The second kappa shape index (κ2) is 9.18. The highest BCUT2D eigenvalue weighted by atomic mass is 32.1. The Labute approximate surface area is 177 Å². The fraction of sp³-hybridized carbons (Fsp3) is 0.429. The van der Waals surface area contributed by atoms with E-state index < -0.39 is 17.7 Å². The molecule has 2 heterocycles. The first kappa shape index (κ1) is 22.3. The lowest BCUT2D eigenvalue weighted by Gasteiger charge is -2.24. The summed E-state index contributed by atoms with van der Waals surface area (Å²) in [5.41, 5.74) is 0.757. The molecule has 5 nitrogen and oxygen atoms in total. The Balaban J connectivity index is 1.58. The van der Waals surface area contributed by atoms with Crippen LogP contribution >= 0.6 is 11.3 Å². The van der Waals surface area contributed by atoms with Crippen LogP contribution in [0.1, 0.15) is 29.2 Å². The van der Waals surface area contributed by atoms with Crippen molar-refractivity contribution in [1.29, 1.82) is 0 Å². The van der Waals surface area contributed by atoms with E-state index in [1.54, 1.807) is 17.4 Å². The smallest absolute Gasteiger partial charge is 0.354 e. The highest BCUT2D eigenvalue weighted by Crippen LogP contribution is 2.30. The van der Waals surface area contributed by atoms with E-state index in [0.717, 1.165) is 17.7 Å². The number of amides is 2. The van der Waals surface area contributed by atoms with E-state index in [4.69, 9.17) is 0 Å². The van der Waals surface area contributed by atoms with Gasteiger partial charge in [-0.2, -0.15) is 24.5 Å². The number of hydrogen-bond acceptors (Lipinski definition) is 4. The second-order valence-corrected chi connectivity index (χ2v) is 8.43. The zero-order chi connectivity index (χ0) is 21.9. The molecule has 2 atom stereocenters. The Morgan fingerprint density at radius 2 is 2.10 bits per heavy atom. The van der Waals surface area contributed by atoms with Gasteiger partial charge >= 0.3 is 6.18 Å². The molecule has 1 aromatic carbocycles. The van der Waals surface area contributed by atoms with Crippen molar-refractivity contribution in [1.82, 2.24) is 15.1 Å². The first-order valence-corrected chi connectivity index (χ1v) is 10.5. The van der Waals surface area contributed by atoms with Crippen molar-refractivity contribution in [2.75, 3.05) is 27.2 Å². The number of benzene rings is 1. The topological polar surface area (TPSA) is 52.7 Å². The normalized spacial score (nSPS) is 18.1. The van der Waals surface area contributed by atoms with Crippen molar-refractivity contribution in [3.05, 3.63) is 57.8 Å². The molecule has 30 heavy (non-hydrogen) atoms. The second-order valence-electron chi connectivity index (χ2n) is 7.65. The molecule has 2 amide bonds. The van der Waals surface area contributed by atoms with Crippen LogP contribution in [-0.2, 0) is 22.3 Å². The first-order chi connectivity index (χ1) is 14.1. The van der Waals surface area contributed by atoms with Crippen molar-refractivity contribution >= 4 is 23.2 Å². The summed E-state index contributed by atoms with van der Waals surface area (Å²) in [6.45, 7) is 0.675. The number of thiophene rings is 1. The maximum atomic E-state index is 12.9. The number of rotatable bonds is 7. The van der Waals surface area contributed by atoms with Gasteiger partial charge in [-0.15, -0.1) is 0 Å². The van der Waals surface area contributed by atoms with Gasteiger partial charge < -0.3 is 15.1 Å². The van der Waals surface area contributed by atoms with Crippen LogP contribution in [0.5, 0.6) is 0 Å². The van der Waals surface area contributed by atoms with Gasteiger partial charge in [0.05, 0.1) is 17.5 Å². The summed E-state index contributed by atoms with van der Waals surface area (Å²) in [4.78, 5) is 28.4. The fourth-order valence-corrected chi connectivity index (χ4v) is 4.28. The summed E-state index contributed by atoms with van der Waals surface area (Å²) < 4.78 is 38.7. The highest BCUT2D eigenvalue weighted by molar-refractivity contribution is 7.07. The number of nitrogens with zero attached hydrogens (tertiary/aromatic N) is 2. The van der Waals surface area contributed by atoms with Crippen LogP contribution in [0.3, 0.4) is 0 Å². The minimum absolute atomic E-state index is 0.0264. The van der Waals surface area contributed by atoms with E-state index in [2.05, 4.69) is 5.32 Å². The number of likely N-dealkylation sites (N-methyl/N-ethyl adjacent to an activating group) is 1. The Morgan fingerprint density at radius 1 is 1.33 bits per heavy atom. The number of nitrogens with one attached hydrogen (secondary N) is 1. The zero-order valence-electron chi connectivity index (χ0n) is 16.8. The Hall–Kier alpha value is -2.39. The van der Waals surface area contributed by atoms with Gasteiger partial charge in [0.2, 0.25) is 11.8 Å². The molecule has 0 aliphatic carbocycles. The van der Waals surface area contributed by atoms with Crippen molar-refractivity contribution in [2.24, 2.45) is 5.92 Å². The molecule has 0 saturated carbocycles. The minimum Gasteiger partial charge on any atom is -0.354 e. The van der Waals surface area contributed by atoms with Gasteiger partial charge in [0.25, 0.3) is 0 Å². The third-order valence-corrected chi connectivity index (χ3v) is 5.94. The summed E-state index contributed by atoms with van der Waals surface area (Å²) in [5.74, 6) is -0.944. The Kier molecular flexibility index (Phi) is 6.82. The van der Waals surface area contributed by atoms with Gasteiger partial charge in [0.1, 0.15) is 0 Å². The molecule has 162 valence electrons. The van der Waals surface area contributed by atoms with Crippen molar-refractivity contribution in [3.8, 4) is 0 Å². The van der Waals surface area contributed by atoms with Gasteiger partial charge in [-0.1, -0.05) is 12.1 Å². The van der Waals surface area contributed by atoms with Crippen LogP contribution in [0.15, 0.2) is 41.1 Å². The lowest BCUT2D eigenvalue weighted by Crippen LogP contribution is -2.38. The zero-order valence-corrected chi connectivity index (χ0v) is 17.6. The number of halogens is 3. The van der Waals surface area contributed by atoms with E-state index in [-0.39, 0.29) is 37.4 Å². The molecule has 1 fully saturated rings. The molecule has 0 spiro atoms. The van der Waals surface area contributed by atoms with Crippen molar-refractivity contribution in [2.45, 2.75) is 25.2 Å². The van der Waals surface area contributed by atoms with Gasteiger partial charge in [0, 0.05) is 26.1 Å². The van der Waals surface area contributed by atoms with Crippen LogP contribution in [0.2, 0.25) is 0 Å². The lowest BCUT2D eigenvalue weighted by molar-refractivity contribution is -0.137. The number of carbonyl (C=O) groups is 2. The van der Waals surface area contributed by atoms with Crippen molar-refractivity contribution in [3.63, 3.8) is 0 Å². The molecule has 1 N–H and O–H groups in total. The monoisotopic (exact) mass is 439 g/mol. The lowest BCUT2D eigenvalue weighted by atomic mass is 10.1. The van der Waals surface area contributed by atoms with E-state index in [0.29, 0.717) is 12.1 Å². The number of likely N-dealkylation sites (tertiary alicyclic amines) is 1. The van der Waals surface area contributed by atoms with Crippen LogP contribution in [-0.4, -0.2) is 48.8 Å². The summed E-state index contributed by atoms with van der Waals surface area (Å²) in [6.07, 6.45) is -4.37. The standard InChI is InChI=1S/C21H24F3N3O2S/c1-26(2)18(15-6-7-30-13-15)10-25-20(29)16-9-19(28)27(12-16)11-14-4-3-5-17(8-14)21(22,23)24/h3-8,13,16,18H,9-12H2,1-2H3,(H,25,29)/t16-,18+/m0/s1. The number of carbonyl (C=O) groups excluding carboxylic acids is 2. The molecule has 0 unspecified atom stereocenters. The Bertz CT molecular complexity index is 884. The molecule has 1 aromatic heterocycles. The molecule has 0 radical (unpaired) electrons. The van der Waals surface area contributed by atoms with Gasteiger partial charge in [-0.25, -0.2) is 0 Å². The predicted octanol–water partition coefficient (Wildman–Crippen LogP) is 3.53. The molecule has 2 aromatic rings. The van der Waals surface area contributed by atoms with E-state index in [1.807, 2.05) is 35.8 Å². The van der Waals surface area contributed by atoms with Crippen LogP contribution in [0.25, 0.3) is 0 Å². The van der Waals surface area contributed by atoms with E-state index in [9.17, 15) is 22.8 Å². The molecule has 1 aliphatic heterocycles. The molecule has 0 bridgehead atoms. The van der Waals surface area contributed by atoms with E-state index >= 15 is 0 Å². The number of hydrogen-bond donors (Lipinski definition) is 1. The van der Waals surface area contributed by atoms with Crippen LogP contribution in [0, 0.1) is 5.92 Å². The Morgan fingerprint density at radius 3 is 2.73 bits per heavy atom. The minimum atomic E-state index is -4.43. The molecule has 1 aliphatic rings. The van der Waals surface area contributed by atoms with Crippen LogP contribution < -0.4 is 5.32 Å². The van der Waals surface area contributed by atoms with Gasteiger partial charge in [-0.3, -0.25) is 9.59 Å². The molecule has 9 heteroatoms. The summed E-state index contributed by atoms with van der Waals surface area (Å²) in [5, 5.41) is 6.94. The van der Waals surface area contributed by atoms with Gasteiger partial charge in [0.15, 0.2) is 0 Å². The third-order valence-electron chi connectivity index (χ3n) is 5.23. The summed E-state index contributed by atoms with van der Waals surface area (Å²) in [7, 11) is 3.87. The third kappa shape index (κ3) is 5.40.